The molecule has 2 N–H and O–H groups in total. The number of hydrogen-bond donors (Lipinski definition) is 1. The summed E-state index contributed by atoms with van der Waals surface area (Å²) in [5, 5.41) is 0.769. The van der Waals surface area contributed by atoms with Crippen LogP contribution in [0, 0.1) is 6.92 Å². The molecule has 2 unspecified atom stereocenters. The summed E-state index contributed by atoms with van der Waals surface area (Å²) in [6, 6.07) is 16.5. The van der Waals surface area contributed by atoms with Crippen molar-refractivity contribution in [2.45, 2.75) is 32.9 Å². The Morgan fingerprint density at radius 1 is 1.14 bits per heavy atom. The number of rotatable bonds is 5. The molecule has 0 spiro atoms. The monoisotopic (exact) mass is 302 g/mol. The third-order valence-electron chi connectivity index (χ3n) is 3.73. The van der Waals surface area contributed by atoms with E-state index in [-0.39, 0.29) is 12.1 Å². The average Bonchev–Trinajstić information content (AvgIpc) is 2.45. The van der Waals surface area contributed by atoms with Crippen LogP contribution in [0.4, 0.5) is 5.69 Å². The zero-order chi connectivity index (χ0) is 15.4. The predicted molar refractivity (Wildman–Crippen MR) is 92.0 cm³/mol. The minimum absolute atomic E-state index is 0.0228. The van der Waals surface area contributed by atoms with Gasteiger partial charge in [0.2, 0.25) is 0 Å². The van der Waals surface area contributed by atoms with Crippen LogP contribution in [0.25, 0.3) is 0 Å². The number of aryl methyl sites for hydroxylation is 1. The highest BCUT2D eigenvalue weighted by molar-refractivity contribution is 6.31. The number of hydrogen-bond acceptors (Lipinski definition) is 2. The van der Waals surface area contributed by atoms with Gasteiger partial charge in [-0.1, -0.05) is 41.9 Å². The van der Waals surface area contributed by atoms with Crippen molar-refractivity contribution >= 4 is 17.3 Å². The van der Waals surface area contributed by atoms with Crippen LogP contribution in [0.5, 0.6) is 0 Å². The maximum absolute atomic E-state index is 6.40. The summed E-state index contributed by atoms with van der Waals surface area (Å²) < 4.78 is 0. The second kappa shape index (κ2) is 6.97. The summed E-state index contributed by atoms with van der Waals surface area (Å²) in [6.45, 7) is 7.16. The molecule has 0 fully saturated rings. The highest BCUT2D eigenvalue weighted by Crippen LogP contribution is 2.33. The summed E-state index contributed by atoms with van der Waals surface area (Å²) in [6.07, 6.45) is 0. The summed E-state index contributed by atoms with van der Waals surface area (Å²) in [5.74, 6) is 0. The van der Waals surface area contributed by atoms with Crippen LogP contribution < -0.4 is 10.6 Å². The molecular formula is C18H23ClN2. The molecule has 2 rings (SSSR count). The van der Waals surface area contributed by atoms with Crippen LogP contribution in [0.1, 0.15) is 31.0 Å². The lowest BCUT2D eigenvalue weighted by Gasteiger charge is -2.36. The molecule has 0 bridgehead atoms. The molecule has 21 heavy (non-hydrogen) atoms. The average molecular weight is 303 g/mol. The topological polar surface area (TPSA) is 29.3 Å². The summed E-state index contributed by atoms with van der Waals surface area (Å²) in [4.78, 5) is 2.32. The molecule has 0 amide bonds. The van der Waals surface area contributed by atoms with Crippen molar-refractivity contribution in [1.29, 1.82) is 0 Å². The second-order valence-electron chi connectivity index (χ2n) is 5.45. The minimum atomic E-state index is -0.0228. The zero-order valence-electron chi connectivity index (χ0n) is 12.9. The molecule has 0 aromatic heterocycles. The molecule has 112 valence electrons. The van der Waals surface area contributed by atoms with Gasteiger partial charge in [-0.25, -0.2) is 0 Å². The Hall–Kier alpha value is -1.51. The fourth-order valence-electron chi connectivity index (χ4n) is 2.80. The van der Waals surface area contributed by atoms with Gasteiger partial charge in [0.25, 0.3) is 0 Å². The van der Waals surface area contributed by atoms with Crippen LogP contribution >= 0.6 is 11.6 Å². The number of likely N-dealkylation sites (N-methyl/N-ethyl adjacent to an activating group) is 1. The van der Waals surface area contributed by atoms with E-state index in [0.717, 1.165) is 17.1 Å². The largest absolute Gasteiger partial charge is 0.363 e. The summed E-state index contributed by atoms with van der Waals surface area (Å²) >= 11 is 6.40. The quantitative estimate of drug-likeness (QED) is 0.877. The number of halogens is 1. The Labute approximate surface area is 132 Å². The fraction of sp³-hybridized carbons (Fsp3) is 0.333. The standard InChI is InChI=1S/C18H23ClN2/c1-4-21(15-9-7-8-13(2)12-15)18(14(3)20)16-10-5-6-11-17(16)19/h5-12,14,18H,4,20H2,1-3H3. The number of benzene rings is 2. The smallest absolute Gasteiger partial charge is 0.0705 e. The molecule has 2 aromatic carbocycles. The van der Waals surface area contributed by atoms with Gasteiger partial charge in [0.05, 0.1) is 6.04 Å². The number of nitrogens with two attached hydrogens (primary N) is 1. The lowest BCUT2D eigenvalue weighted by Crippen LogP contribution is -2.39. The first-order valence-corrected chi connectivity index (χ1v) is 7.75. The molecule has 0 saturated heterocycles. The first kappa shape index (κ1) is 15.9. The lowest BCUT2D eigenvalue weighted by molar-refractivity contribution is 0.538. The van der Waals surface area contributed by atoms with Crippen molar-refractivity contribution in [3.8, 4) is 0 Å². The lowest BCUT2D eigenvalue weighted by atomic mass is 9.98. The zero-order valence-corrected chi connectivity index (χ0v) is 13.6. The van der Waals surface area contributed by atoms with Gasteiger partial charge in [-0.2, -0.15) is 0 Å². The molecule has 2 atom stereocenters. The van der Waals surface area contributed by atoms with E-state index in [1.165, 1.54) is 11.3 Å². The number of nitrogens with zero attached hydrogens (tertiary/aromatic N) is 1. The van der Waals surface area contributed by atoms with Crippen molar-refractivity contribution in [1.82, 2.24) is 0 Å². The van der Waals surface area contributed by atoms with Gasteiger partial charge in [-0.3, -0.25) is 0 Å². The Morgan fingerprint density at radius 2 is 1.86 bits per heavy atom. The van der Waals surface area contributed by atoms with Crippen molar-refractivity contribution < 1.29 is 0 Å². The van der Waals surface area contributed by atoms with Crippen LogP contribution in [0.2, 0.25) is 5.02 Å². The van der Waals surface area contributed by atoms with E-state index in [9.17, 15) is 0 Å². The third-order valence-corrected chi connectivity index (χ3v) is 4.08. The Kier molecular flexibility index (Phi) is 5.27. The first-order chi connectivity index (χ1) is 10.0. The minimum Gasteiger partial charge on any atom is -0.363 e. The molecular weight excluding hydrogens is 280 g/mol. The third kappa shape index (κ3) is 3.58. The summed E-state index contributed by atoms with van der Waals surface area (Å²) in [5.41, 5.74) is 9.79. The van der Waals surface area contributed by atoms with Gasteiger partial charge in [0.1, 0.15) is 0 Å². The van der Waals surface area contributed by atoms with Crippen LogP contribution in [-0.2, 0) is 0 Å². The maximum Gasteiger partial charge on any atom is 0.0705 e. The van der Waals surface area contributed by atoms with Gasteiger partial charge in [-0.05, 0) is 50.1 Å². The van der Waals surface area contributed by atoms with E-state index < -0.39 is 0 Å². The van der Waals surface area contributed by atoms with E-state index in [0.29, 0.717) is 0 Å². The molecule has 0 aliphatic rings. The number of anilines is 1. The van der Waals surface area contributed by atoms with E-state index in [2.05, 4.69) is 49.1 Å². The van der Waals surface area contributed by atoms with Crippen molar-refractivity contribution in [3.63, 3.8) is 0 Å². The molecule has 0 aliphatic carbocycles. The SMILES string of the molecule is CCN(c1cccc(C)c1)C(c1ccccc1Cl)C(C)N. The molecule has 0 saturated carbocycles. The van der Waals surface area contributed by atoms with E-state index in [1.807, 2.05) is 25.1 Å². The summed E-state index contributed by atoms with van der Waals surface area (Å²) in [7, 11) is 0. The van der Waals surface area contributed by atoms with E-state index >= 15 is 0 Å². The van der Waals surface area contributed by atoms with Gasteiger partial charge in [-0.15, -0.1) is 0 Å². The van der Waals surface area contributed by atoms with E-state index in [4.69, 9.17) is 17.3 Å². The van der Waals surface area contributed by atoms with Crippen LogP contribution in [0.3, 0.4) is 0 Å². The van der Waals surface area contributed by atoms with Crippen LogP contribution in [0.15, 0.2) is 48.5 Å². The Bertz CT molecular complexity index is 595. The fourth-order valence-corrected chi connectivity index (χ4v) is 3.04. The molecule has 0 heterocycles. The van der Waals surface area contributed by atoms with Gasteiger partial charge >= 0.3 is 0 Å². The highest BCUT2D eigenvalue weighted by atomic mass is 35.5. The Balaban J connectivity index is 2.47. The van der Waals surface area contributed by atoms with Crippen molar-refractivity contribution in [2.75, 3.05) is 11.4 Å². The first-order valence-electron chi connectivity index (χ1n) is 7.38. The van der Waals surface area contributed by atoms with Crippen LogP contribution in [-0.4, -0.2) is 12.6 Å². The van der Waals surface area contributed by atoms with Crippen molar-refractivity contribution in [3.05, 3.63) is 64.7 Å². The van der Waals surface area contributed by atoms with Crippen molar-refractivity contribution in [2.24, 2.45) is 5.73 Å². The Morgan fingerprint density at radius 3 is 2.43 bits per heavy atom. The molecule has 2 aromatic rings. The van der Waals surface area contributed by atoms with Gasteiger partial charge < -0.3 is 10.6 Å². The van der Waals surface area contributed by atoms with Gasteiger partial charge in [0, 0.05) is 23.3 Å². The predicted octanol–water partition coefficient (Wildman–Crippen LogP) is 4.56. The normalized spacial score (nSPS) is 13.8. The highest BCUT2D eigenvalue weighted by Gasteiger charge is 2.25. The molecule has 0 radical (unpaired) electrons. The van der Waals surface area contributed by atoms with E-state index in [1.54, 1.807) is 0 Å². The molecule has 2 nitrogen and oxygen atoms in total. The second-order valence-corrected chi connectivity index (χ2v) is 5.86. The molecule has 3 heteroatoms. The van der Waals surface area contributed by atoms with Gasteiger partial charge in [0.15, 0.2) is 0 Å². The molecule has 0 aliphatic heterocycles. The maximum atomic E-state index is 6.40.